The van der Waals surface area contributed by atoms with E-state index in [0.29, 0.717) is 5.75 Å². The molecule has 1 saturated carbocycles. The molecule has 0 aromatic carbocycles. The Morgan fingerprint density at radius 2 is 2.00 bits per heavy atom. The number of nitriles is 1. The van der Waals surface area contributed by atoms with E-state index in [1.807, 2.05) is 0 Å². The minimum Gasteiger partial charge on any atom is -0.197 e. The van der Waals surface area contributed by atoms with Crippen LogP contribution in [0, 0.1) is 17.2 Å². The second-order valence-corrected chi connectivity index (χ2v) is 4.21. The monoisotopic (exact) mass is 169 g/mol. The first-order valence-corrected chi connectivity index (χ1v) is 5.53. The molecule has 0 radical (unpaired) electrons. The van der Waals surface area contributed by atoms with Gasteiger partial charge in [-0.15, -0.1) is 11.8 Å². The lowest BCUT2D eigenvalue weighted by atomic mass is 9.91. The van der Waals surface area contributed by atoms with Gasteiger partial charge >= 0.3 is 0 Å². The summed E-state index contributed by atoms with van der Waals surface area (Å²) in [6, 6.07) is 2.17. The van der Waals surface area contributed by atoms with Crippen molar-refractivity contribution >= 4 is 11.8 Å². The van der Waals surface area contributed by atoms with Gasteiger partial charge in [-0.25, -0.2) is 0 Å². The van der Waals surface area contributed by atoms with Gasteiger partial charge in [0, 0.05) is 0 Å². The van der Waals surface area contributed by atoms with E-state index in [9.17, 15) is 0 Å². The van der Waals surface area contributed by atoms with Crippen molar-refractivity contribution in [3.8, 4) is 6.07 Å². The molecule has 0 aromatic heterocycles. The molecule has 0 saturated heterocycles. The first-order chi connectivity index (χ1) is 5.43. The summed E-state index contributed by atoms with van der Waals surface area (Å²) in [5.74, 6) is 2.81. The van der Waals surface area contributed by atoms with E-state index >= 15 is 0 Å². The summed E-state index contributed by atoms with van der Waals surface area (Å²) >= 11 is 1.80. The van der Waals surface area contributed by atoms with Gasteiger partial charge in [-0.05, 0) is 24.5 Å². The third-order valence-corrected chi connectivity index (χ3v) is 3.29. The summed E-state index contributed by atoms with van der Waals surface area (Å²) in [6.45, 7) is 0. The Labute approximate surface area is 73.2 Å². The van der Waals surface area contributed by atoms with E-state index in [1.165, 1.54) is 37.9 Å². The Kier molecular flexibility index (Phi) is 4.45. The van der Waals surface area contributed by atoms with Gasteiger partial charge < -0.3 is 0 Å². The zero-order valence-corrected chi connectivity index (χ0v) is 7.70. The van der Waals surface area contributed by atoms with Crippen LogP contribution in [0.1, 0.15) is 32.1 Å². The van der Waals surface area contributed by atoms with Gasteiger partial charge in [0.1, 0.15) is 0 Å². The smallest absolute Gasteiger partial charge is 0.0808 e. The predicted octanol–water partition coefficient (Wildman–Crippen LogP) is 2.82. The summed E-state index contributed by atoms with van der Waals surface area (Å²) in [6.07, 6.45) is 7.06. The lowest BCUT2D eigenvalue weighted by molar-refractivity contribution is 0.391. The van der Waals surface area contributed by atoms with Crippen LogP contribution in [0.15, 0.2) is 0 Å². The summed E-state index contributed by atoms with van der Waals surface area (Å²) in [4.78, 5) is 0. The van der Waals surface area contributed by atoms with Gasteiger partial charge in [0.05, 0.1) is 11.8 Å². The van der Waals surface area contributed by atoms with Gasteiger partial charge in [-0.3, -0.25) is 0 Å². The van der Waals surface area contributed by atoms with Crippen molar-refractivity contribution in [2.75, 3.05) is 11.5 Å². The van der Waals surface area contributed by atoms with E-state index < -0.39 is 0 Å². The third-order valence-electron chi connectivity index (χ3n) is 2.24. The molecule has 0 heterocycles. The van der Waals surface area contributed by atoms with Crippen LogP contribution in [-0.2, 0) is 0 Å². The van der Waals surface area contributed by atoms with Gasteiger partial charge in [-0.2, -0.15) is 5.26 Å². The molecule has 0 aromatic rings. The van der Waals surface area contributed by atoms with Gasteiger partial charge in [0.2, 0.25) is 0 Å². The molecule has 0 aliphatic heterocycles. The fraction of sp³-hybridized carbons (Fsp3) is 0.889. The fourth-order valence-electron chi connectivity index (χ4n) is 1.63. The second kappa shape index (κ2) is 5.49. The van der Waals surface area contributed by atoms with Crippen molar-refractivity contribution < 1.29 is 0 Å². The molecule has 1 aliphatic rings. The van der Waals surface area contributed by atoms with Crippen LogP contribution in [0.4, 0.5) is 0 Å². The van der Waals surface area contributed by atoms with Crippen LogP contribution in [0.3, 0.4) is 0 Å². The van der Waals surface area contributed by atoms with Crippen LogP contribution in [0.5, 0.6) is 0 Å². The van der Waals surface area contributed by atoms with Crippen molar-refractivity contribution in [1.29, 1.82) is 5.26 Å². The van der Waals surface area contributed by atoms with Crippen LogP contribution in [-0.4, -0.2) is 11.5 Å². The standard InChI is InChI=1S/C9H15NS/c10-6-7-11-8-9-4-2-1-3-5-9/h9H,1-5,7-8H2. The highest BCUT2D eigenvalue weighted by molar-refractivity contribution is 7.99. The van der Waals surface area contributed by atoms with E-state index in [0.717, 1.165) is 5.92 Å². The highest BCUT2D eigenvalue weighted by Crippen LogP contribution is 2.26. The molecular formula is C9H15NS. The molecule has 0 amide bonds. The first-order valence-electron chi connectivity index (χ1n) is 4.38. The van der Waals surface area contributed by atoms with E-state index in [1.54, 1.807) is 11.8 Å². The van der Waals surface area contributed by atoms with Gasteiger partial charge in [0.15, 0.2) is 0 Å². The second-order valence-electron chi connectivity index (χ2n) is 3.18. The topological polar surface area (TPSA) is 23.8 Å². The SMILES string of the molecule is N#CCSCC1CCCCC1. The molecular weight excluding hydrogens is 154 g/mol. The van der Waals surface area contributed by atoms with Gasteiger partial charge in [0.25, 0.3) is 0 Å². The molecule has 62 valence electrons. The third kappa shape index (κ3) is 3.67. The Balaban J connectivity index is 2.01. The Bertz CT molecular complexity index is 133. The summed E-state index contributed by atoms with van der Waals surface area (Å²) < 4.78 is 0. The average molecular weight is 169 g/mol. The molecule has 1 rings (SSSR count). The van der Waals surface area contributed by atoms with Crippen molar-refractivity contribution in [2.45, 2.75) is 32.1 Å². The van der Waals surface area contributed by atoms with Crippen LogP contribution in [0.25, 0.3) is 0 Å². The lowest BCUT2D eigenvalue weighted by Gasteiger charge is -2.20. The molecule has 0 N–H and O–H groups in total. The molecule has 2 heteroatoms. The summed E-state index contributed by atoms with van der Waals surface area (Å²) in [5.41, 5.74) is 0. The quantitative estimate of drug-likeness (QED) is 0.607. The lowest BCUT2D eigenvalue weighted by Crippen LogP contribution is -2.08. The first kappa shape index (κ1) is 8.93. The van der Waals surface area contributed by atoms with E-state index in [4.69, 9.17) is 5.26 Å². The molecule has 0 unspecified atom stereocenters. The maximum Gasteiger partial charge on any atom is 0.0808 e. The maximum absolute atomic E-state index is 8.32. The Hall–Kier alpha value is -0.160. The highest BCUT2D eigenvalue weighted by Gasteiger charge is 2.12. The maximum atomic E-state index is 8.32. The van der Waals surface area contributed by atoms with Crippen LogP contribution >= 0.6 is 11.8 Å². The van der Waals surface area contributed by atoms with Crippen molar-refractivity contribution in [3.05, 3.63) is 0 Å². The van der Waals surface area contributed by atoms with E-state index in [2.05, 4.69) is 6.07 Å². The molecule has 11 heavy (non-hydrogen) atoms. The zero-order chi connectivity index (χ0) is 7.94. The van der Waals surface area contributed by atoms with E-state index in [-0.39, 0.29) is 0 Å². The number of hydrogen-bond acceptors (Lipinski definition) is 2. The summed E-state index contributed by atoms with van der Waals surface area (Å²) in [7, 11) is 0. The normalized spacial score (nSPS) is 19.5. The molecule has 1 nitrogen and oxygen atoms in total. The van der Waals surface area contributed by atoms with Crippen LogP contribution in [0.2, 0.25) is 0 Å². The fourth-order valence-corrected chi connectivity index (χ4v) is 2.50. The van der Waals surface area contributed by atoms with Crippen molar-refractivity contribution in [2.24, 2.45) is 5.92 Å². The van der Waals surface area contributed by atoms with Gasteiger partial charge in [-0.1, -0.05) is 19.3 Å². The number of hydrogen-bond donors (Lipinski definition) is 0. The van der Waals surface area contributed by atoms with Crippen molar-refractivity contribution in [1.82, 2.24) is 0 Å². The molecule has 0 atom stereocenters. The number of rotatable bonds is 3. The molecule has 0 bridgehead atoms. The predicted molar refractivity (Wildman–Crippen MR) is 49.5 cm³/mol. The number of thioether (sulfide) groups is 1. The number of nitrogens with zero attached hydrogens (tertiary/aromatic N) is 1. The summed E-state index contributed by atoms with van der Waals surface area (Å²) in [5, 5.41) is 8.32. The van der Waals surface area contributed by atoms with Crippen LogP contribution < -0.4 is 0 Å². The largest absolute Gasteiger partial charge is 0.197 e. The van der Waals surface area contributed by atoms with Crippen molar-refractivity contribution in [3.63, 3.8) is 0 Å². The Morgan fingerprint density at radius 1 is 1.27 bits per heavy atom. The Morgan fingerprint density at radius 3 is 2.64 bits per heavy atom. The molecule has 1 fully saturated rings. The minimum absolute atomic E-state index is 0.677. The highest BCUT2D eigenvalue weighted by atomic mass is 32.2. The average Bonchev–Trinajstić information content (AvgIpc) is 2.07. The molecule has 1 aliphatic carbocycles. The molecule has 0 spiro atoms. The zero-order valence-electron chi connectivity index (χ0n) is 6.88. The minimum atomic E-state index is 0.677.